The number of hydrogen-bond donors (Lipinski definition) is 1. The molecular weight excluding hydrogens is 220 g/mol. The van der Waals surface area contributed by atoms with Crippen molar-refractivity contribution < 1.29 is 5.11 Å². The number of rotatable bonds is 2. The van der Waals surface area contributed by atoms with Gasteiger partial charge in [-0.25, -0.2) is 4.98 Å². The third-order valence-corrected chi connectivity index (χ3v) is 2.91. The Hall–Kier alpha value is -1.99. The van der Waals surface area contributed by atoms with Gasteiger partial charge in [0.15, 0.2) is 0 Å². The van der Waals surface area contributed by atoms with E-state index in [9.17, 15) is 0 Å². The number of phenolic OH excluding ortho intramolecular Hbond substituents is 1. The SMILES string of the molecule is N#Cc1ccc(Sc2ccc(O)cc2)cn1. The van der Waals surface area contributed by atoms with Gasteiger partial charge in [-0.2, -0.15) is 5.26 Å². The van der Waals surface area contributed by atoms with Crippen molar-refractivity contribution in [2.75, 3.05) is 0 Å². The Morgan fingerprint density at radius 2 is 1.75 bits per heavy atom. The van der Waals surface area contributed by atoms with Gasteiger partial charge in [-0.05, 0) is 36.4 Å². The summed E-state index contributed by atoms with van der Waals surface area (Å²) in [5, 5.41) is 17.7. The lowest BCUT2D eigenvalue weighted by molar-refractivity contribution is 0.475. The van der Waals surface area contributed by atoms with E-state index in [1.165, 1.54) is 11.8 Å². The highest BCUT2D eigenvalue weighted by Gasteiger charge is 1.98. The van der Waals surface area contributed by atoms with Gasteiger partial charge in [0, 0.05) is 16.0 Å². The average Bonchev–Trinajstić information content (AvgIpc) is 2.33. The van der Waals surface area contributed by atoms with Crippen LogP contribution in [-0.2, 0) is 0 Å². The third kappa shape index (κ3) is 2.53. The van der Waals surface area contributed by atoms with Crippen molar-refractivity contribution in [3.63, 3.8) is 0 Å². The summed E-state index contributed by atoms with van der Waals surface area (Å²) in [5.74, 6) is 0.252. The van der Waals surface area contributed by atoms with Crippen LogP contribution < -0.4 is 0 Å². The summed E-state index contributed by atoms with van der Waals surface area (Å²) in [6.45, 7) is 0. The molecule has 0 aliphatic heterocycles. The van der Waals surface area contributed by atoms with E-state index in [1.54, 1.807) is 24.4 Å². The van der Waals surface area contributed by atoms with E-state index in [0.29, 0.717) is 5.69 Å². The molecule has 1 N–H and O–H groups in total. The Kier molecular flexibility index (Phi) is 3.08. The summed E-state index contributed by atoms with van der Waals surface area (Å²) in [6.07, 6.45) is 1.66. The summed E-state index contributed by atoms with van der Waals surface area (Å²) >= 11 is 1.53. The molecule has 0 saturated heterocycles. The molecule has 3 nitrogen and oxygen atoms in total. The van der Waals surface area contributed by atoms with Gasteiger partial charge in [0.1, 0.15) is 17.5 Å². The van der Waals surface area contributed by atoms with Crippen molar-refractivity contribution >= 4 is 11.8 Å². The van der Waals surface area contributed by atoms with Gasteiger partial charge in [-0.1, -0.05) is 11.8 Å². The van der Waals surface area contributed by atoms with Crippen LogP contribution in [-0.4, -0.2) is 10.1 Å². The highest BCUT2D eigenvalue weighted by Crippen LogP contribution is 2.28. The number of aromatic nitrogens is 1. The van der Waals surface area contributed by atoms with Crippen LogP contribution in [0.5, 0.6) is 5.75 Å². The normalized spacial score (nSPS) is 9.69. The first kappa shape index (κ1) is 10.5. The van der Waals surface area contributed by atoms with Crippen LogP contribution in [0.1, 0.15) is 5.69 Å². The molecule has 0 saturated carbocycles. The number of pyridine rings is 1. The average molecular weight is 228 g/mol. The van der Waals surface area contributed by atoms with Crippen LogP contribution >= 0.6 is 11.8 Å². The number of nitriles is 1. The van der Waals surface area contributed by atoms with Crippen molar-refractivity contribution in [1.82, 2.24) is 4.98 Å². The van der Waals surface area contributed by atoms with E-state index in [2.05, 4.69) is 4.98 Å². The smallest absolute Gasteiger partial charge is 0.140 e. The van der Waals surface area contributed by atoms with Crippen molar-refractivity contribution in [2.24, 2.45) is 0 Å². The van der Waals surface area contributed by atoms with Crippen molar-refractivity contribution in [3.8, 4) is 11.8 Å². The lowest BCUT2D eigenvalue weighted by Crippen LogP contribution is -1.81. The van der Waals surface area contributed by atoms with Gasteiger partial charge in [0.05, 0.1) is 0 Å². The number of aromatic hydroxyl groups is 1. The lowest BCUT2D eigenvalue weighted by atomic mass is 10.3. The Morgan fingerprint density at radius 3 is 2.31 bits per heavy atom. The fraction of sp³-hybridized carbons (Fsp3) is 0. The molecule has 0 fully saturated rings. The molecule has 2 rings (SSSR count). The van der Waals surface area contributed by atoms with E-state index in [4.69, 9.17) is 10.4 Å². The Morgan fingerprint density at radius 1 is 1.06 bits per heavy atom. The minimum Gasteiger partial charge on any atom is -0.508 e. The van der Waals surface area contributed by atoms with Crippen LogP contribution in [0.25, 0.3) is 0 Å². The summed E-state index contributed by atoms with van der Waals surface area (Å²) < 4.78 is 0. The Bertz CT molecular complexity index is 514. The molecule has 4 heteroatoms. The number of benzene rings is 1. The van der Waals surface area contributed by atoms with Crippen molar-refractivity contribution in [2.45, 2.75) is 9.79 Å². The zero-order valence-electron chi connectivity index (χ0n) is 8.29. The molecule has 1 aromatic carbocycles. The predicted octanol–water partition coefficient (Wildman–Crippen LogP) is 2.81. The van der Waals surface area contributed by atoms with E-state index in [1.807, 2.05) is 24.3 Å². The second kappa shape index (κ2) is 4.69. The Labute approximate surface area is 97.4 Å². The van der Waals surface area contributed by atoms with Gasteiger partial charge in [0.2, 0.25) is 0 Å². The minimum absolute atomic E-state index is 0.252. The molecule has 2 aromatic rings. The maximum atomic E-state index is 9.13. The topological polar surface area (TPSA) is 56.9 Å². The van der Waals surface area contributed by atoms with E-state index < -0.39 is 0 Å². The molecule has 78 valence electrons. The van der Waals surface area contributed by atoms with Crippen LogP contribution in [0.3, 0.4) is 0 Å². The summed E-state index contributed by atoms with van der Waals surface area (Å²) in [5.41, 5.74) is 0.412. The number of nitrogens with zero attached hydrogens (tertiary/aromatic N) is 2. The van der Waals surface area contributed by atoms with Crippen LogP contribution in [0.2, 0.25) is 0 Å². The second-order valence-electron chi connectivity index (χ2n) is 3.09. The second-order valence-corrected chi connectivity index (χ2v) is 4.23. The maximum absolute atomic E-state index is 9.13. The molecule has 1 heterocycles. The Balaban J connectivity index is 2.15. The molecule has 0 aliphatic carbocycles. The first-order valence-electron chi connectivity index (χ1n) is 4.61. The van der Waals surface area contributed by atoms with E-state index in [0.717, 1.165) is 9.79 Å². The van der Waals surface area contributed by atoms with Crippen molar-refractivity contribution in [3.05, 3.63) is 48.3 Å². The molecule has 0 radical (unpaired) electrons. The summed E-state index contributed by atoms with van der Waals surface area (Å²) in [4.78, 5) is 5.96. The highest BCUT2D eigenvalue weighted by molar-refractivity contribution is 7.99. The maximum Gasteiger partial charge on any atom is 0.140 e. The molecule has 0 amide bonds. The van der Waals surface area contributed by atoms with Gasteiger partial charge >= 0.3 is 0 Å². The first-order valence-corrected chi connectivity index (χ1v) is 5.42. The lowest BCUT2D eigenvalue weighted by Gasteiger charge is -2.01. The van der Waals surface area contributed by atoms with E-state index in [-0.39, 0.29) is 5.75 Å². The monoisotopic (exact) mass is 228 g/mol. The van der Waals surface area contributed by atoms with Gasteiger partial charge in [-0.3, -0.25) is 0 Å². The van der Waals surface area contributed by atoms with Crippen LogP contribution in [0.15, 0.2) is 52.4 Å². The van der Waals surface area contributed by atoms with Gasteiger partial charge in [0.25, 0.3) is 0 Å². The van der Waals surface area contributed by atoms with E-state index >= 15 is 0 Å². The number of phenols is 1. The summed E-state index contributed by atoms with van der Waals surface area (Å²) in [6, 6.07) is 12.4. The largest absolute Gasteiger partial charge is 0.508 e. The fourth-order valence-electron chi connectivity index (χ4n) is 1.16. The van der Waals surface area contributed by atoms with Crippen molar-refractivity contribution in [1.29, 1.82) is 5.26 Å². The molecule has 0 bridgehead atoms. The molecule has 0 unspecified atom stereocenters. The first-order chi connectivity index (χ1) is 7.78. The zero-order chi connectivity index (χ0) is 11.4. The zero-order valence-corrected chi connectivity index (χ0v) is 9.11. The molecule has 0 atom stereocenters. The molecule has 16 heavy (non-hydrogen) atoms. The third-order valence-electron chi connectivity index (χ3n) is 1.92. The molecule has 1 aromatic heterocycles. The standard InChI is InChI=1S/C12H8N2OS/c13-7-9-1-4-12(8-14-9)16-11-5-2-10(15)3-6-11/h1-6,8,15H. The molecule has 0 aliphatic rings. The molecule has 0 spiro atoms. The fourth-order valence-corrected chi connectivity index (χ4v) is 1.94. The van der Waals surface area contributed by atoms with Crippen LogP contribution in [0, 0.1) is 11.3 Å². The quantitative estimate of drug-likeness (QED) is 0.858. The predicted molar refractivity (Wildman–Crippen MR) is 61.2 cm³/mol. The van der Waals surface area contributed by atoms with Gasteiger partial charge in [-0.15, -0.1) is 0 Å². The van der Waals surface area contributed by atoms with Crippen LogP contribution in [0.4, 0.5) is 0 Å². The van der Waals surface area contributed by atoms with Gasteiger partial charge < -0.3 is 5.11 Å². The minimum atomic E-state index is 0.252. The molecular formula is C12H8N2OS. The highest BCUT2D eigenvalue weighted by atomic mass is 32.2. The number of hydrogen-bond acceptors (Lipinski definition) is 4. The summed E-state index contributed by atoms with van der Waals surface area (Å²) in [7, 11) is 0.